The van der Waals surface area contributed by atoms with Crippen LogP contribution in [-0.2, 0) is 13.0 Å². The number of aryl methyl sites for hydroxylation is 1. The summed E-state index contributed by atoms with van der Waals surface area (Å²) in [6.45, 7) is 15.0. The third-order valence-corrected chi connectivity index (χ3v) is 6.54. The van der Waals surface area contributed by atoms with E-state index in [1.807, 2.05) is 13.8 Å². The monoisotopic (exact) mass is 426 g/mol. The zero-order chi connectivity index (χ0) is 22.1. The van der Waals surface area contributed by atoms with Crippen LogP contribution in [-0.4, -0.2) is 34.7 Å². The van der Waals surface area contributed by atoms with Crippen LogP contribution in [0.5, 0.6) is 0 Å². The van der Waals surface area contributed by atoms with Gasteiger partial charge in [0, 0.05) is 17.5 Å². The fourth-order valence-electron chi connectivity index (χ4n) is 3.90. The van der Waals surface area contributed by atoms with Gasteiger partial charge < -0.3 is 14.6 Å². The zero-order valence-corrected chi connectivity index (χ0v) is 20.2. The molecule has 1 aliphatic rings. The van der Waals surface area contributed by atoms with Gasteiger partial charge in [-0.1, -0.05) is 51.1 Å². The highest BCUT2D eigenvalue weighted by atomic mass is 32.1. The van der Waals surface area contributed by atoms with Gasteiger partial charge in [-0.2, -0.15) is 0 Å². The van der Waals surface area contributed by atoms with E-state index in [2.05, 4.69) is 72.7 Å². The van der Waals surface area contributed by atoms with Gasteiger partial charge in [0.15, 0.2) is 0 Å². The molecule has 3 heterocycles. The first kappa shape index (κ1) is 24.2. The molecule has 0 saturated carbocycles. The summed E-state index contributed by atoms with van der Waals surface area (Å²) in [6.07, 6.45) is 5.20. The van der Waals surface area contributed by atoms with Crippen molar-refractivity contribution in [3.63, 3.8) is 0 Å². The van der Waals surface area contributed by atoms with Crippen molar-refractivity contribution in [2.45, 2.75) is 59.9 Å². The molecule has 0 bridgehead atoms. The van der Waals surface area contributed by atoms with Gasteiger partial charge in [0.05, 0.1) is 6.54 Å². The van der Waals surface area contributed by atoms with E-state index in [9.17, 15) is 5.11 Å². The third-order valence-electron chi connectivity index (χ3n) is 5.61. The molecule has 0 aliphatic carbocycles. The van der Waals surface area contributed by atoms with Crippen LogP contribution in [0.3, 0.4) is 0 Å². The van der Waals surface area contributed by atoms with Crippen molar-refractivity contribution < 1.29 is 5.11 Å². The number of benzene rings is 1. The molecule has 164 valence electrons. The lowest BCUT2D eigenvalue weighted by Crippen LogP contribution is -2.24. The number of thiophene rings is 1. The number of nitrogens with zero attached hydrogens (tertiary/aromatic N) is 2. The van der Waals surface area contributed by atoms with Crippen LogP contribution < -0.4 is 0 Å². The van der Waals surface area contributed by atoms with E-state index in [0.717, 1.165) is 6.42 Å². The van der Waals surface area contributed by atoms with Gasteiger partial charge in [-0.3, -0.25) is 0 Å². The van der Waals surface area contributed by atoms with Crippen molar-refractivity contribution in [1.82, 2.24) is 9.47 Å². The highest BCUT2D eigenvalue weighted by Gasteiger charge is 2.16. The van der Waals surface area contributed by atoms with Crippen molar-refractivity contribution >= 4 is 21.6 Å². The number of aromatic nitrogens is 1. The number of hydrogen-bond donors (Lipinski definition) is 1. The summed E-state index contributed by atoms with van der Waals surface area (Å²) in [7, 11) is 2.19. The van der Waals surface area contributed by atoms with E-state index in [-0.39, 0.29) is 5.76 Å². The van der Waals surface area contributed by atoms with Gasteiger partial charge in [0.25, 0.3) is 0 Å². The largest absolute Gasteiger partial charge is 0.511 e. The summed E-state index contributed by atoms with van der Waals surface area (Å²) in [4.78, 5) is 3.61. The molecule has 4 heteroatoms. The van der Waals surface area contributed by atoms with Gasteiger partial charge in [0.2, 0.25) is 0 Å². The minimum absolute atomic E-state index is 0.200. The molecule has 1 N–H and O–H groups in total. The maximum atomic E-state index is 9.56. The summed E-state index contributed by atoms with van der Waals surface area (Å²) in [5, 5.41) is 13.0. The van der Waals surface area contributed by atoms with E-state index < -0.39 is 0 Å². The summed E-state index contributed by atoms with van der Waals surface area (Å²) in [5.41, 5.74) is 5.24. The highest BCUT2D eigenvalue weighted by Crippen LogP contribution is 2.32. The Balaban J connectivity index is 0.000000299. The standard InChI is InChI=1S/C18H19NOS.C6H13N.C2H6/c1-12-6-4-5-7-15(12)10-17-14(3)19(11-13(2)20)18-16(17)8-9-21-18;1-7-5-3-2-4-6-7;1-2/h4-9,20H,2,10-11H2,1,3H3;2-6H2,1H3;1-2H3. The zero-order valence-electron chi connectivity index (χ0n) is 19.4. The van der Waals surface area contributed by atoms with Gasteiger partial charge >= 0.3 is 0 Å². The SMILES string of the molecule is C=C(O)Cn1c(C)c(Cc2ccccc2C)c2ccsc21.CC.CN1CCCCC1. The van der Waals surface area contributed by atoms with Crippen LogP contribution in [0.2, 0.25) is 0 Å². The molecular weight excluding hydrogens is 388 g/mol. The molecule has 3 aromatic rings. The first-order chi connectivity index (χ1) is 14.5. The predicted octanol–water partition coefficient (Wildman–Crippen LogP) is 7.11. The second-order valence-corrected chi connectivity index (χ2v) is 8.72. The number of piperidine rings is 1. The molecule has 2 aromatic heterocycles. The first-order valence-electron chi connectivity index (χ1n) is 11.1. The van der Waals surface area contributed by atoms with Crippen molar-refractivity contribution in [3.8, 4) is 0 Å². The number of rotatable bonds is 4. The smallest absolute Gasteiger partial charge is 0.105 e. The summed E-state index contributed by atoms with van der Waals surface area (Å²) >= 11 is 1.72. The molecule has 4 rings (SSSR count). The van der Waals surface area contributed by atoms with Crippen LogP contribution in [0.15, 0.2) is 48.0 Å². The van der Waals surface area contributed by atoms with Gasteiger partial charge in [-0.15, -0.1) is 11.3 Å². The number of likely N-dealkylation sites (tertiary alicyclic amines) is 1. The molecule has 0 spiro atoms. The second-order valence-electron chi connectivity index (χ2n) is 7.82. The lowest BCUT2D eigenvalue weighted by atomic mass is 9.99. The lowest BCUT2D eigenvalue weighted by Gasteiger charge is -2.20. The minimum atomic E-state index is 0.200. The first-order valence-corrected chi connectivity index (χ1v) is 12.0. The van der Waals surface area contributed by atoms with Crippen LogP contribution in [0, 0.1) is 13.8 Å². The normalized spacial score (nSPS) is 13.9. The van der Waals surface area contributed by atoms with Crippen LogP contribution in [0.4, 0.5) is 0 Å². The highest BCUT2D eigenvalue weighted by molar-refractivity contribution is 7.16. The number of aliphatic hydroxyl groups is 1. The Morgan fingerprint density at radius 1 is 1.07 bits per heavy atom. The quantitative estimate of drug-likeness (QED) is 0.450. The van der Waals surface area contributed by atoms with Crippen molar-refractivity contribution in [2.24, 2.45) is 0 Å². The molecule has 1 saturated heterocycles. The summed E-state index contributed by atoms with van der Waals surface area (Å²) < 4.78 is 2.16. The Morgan fingerprint density at radius 2 is 1.73 bits per heavy atom. The van der Waals surface area contributed by atoms with Crippen LogP contribution >= 0.6 is 11.3 Å². The molecule has 0 unspecified atom stereocenters. The Labute approximate surface area is 186 Å². The summed E-state index contributed by atoms with van der Waals surface area (Å²) in [5.74, 6) is 0.200. The van der Waals surface area contributed by atoms with E-state index in [0.29, 0.717) is 6.54 Å². The van der Waals surface area contributed by atoms with Crippen LogP contribution in [0.25, 0.3) is 10.2 Å². The summed E-state index contributed by atoms with van der Waals surface area (Å²) in [6, 6.07) is 10.7. The Hall–Kier alpha value is -2.04. The molecular formula is C26H38N2OS. The Bertz CT molecular complexity index is 932. The topological polar surface area (TPSA) is 28.4 Å². The van der Waals surface area contributed by atoms with Gasteiger partial charge in [-0.05, 0) is 75.0 Å². The van der Waals surface area contributed by atoms with Crippen molar-refractivity contribution in [1.29, 1.82) is 0 Å². The van der Waals surface area contributed by atoms with Crippen molar-refractivity contribution in [3.05, 3.63) is 70.4 Å². The fraction of sp³-hybridized carbons (Fsp3) is 0.462. The third kappa shape index (κ3) is 6.23. The average molecular weight is 427 g/mol. The maximum absolute atomic E-state index is 9.56. The number of fused-ring (bicyclic) bond motifs is 1. The Morgan fingerprint density at radius 3 is 2.30 bits per heavy atom. The van der Waals surface area contributed by atoms with Crippen molar-refractivity contribution in [2.75, 3.05) is 20.1 Å². The number of hydrogen-bond acceptors (Lipinski definition) is 3. The molecule has 1 aliphatic heterocycles. The van der Waals surface area contributed by atoms with Gasteiger partial charge in [0.1, 0.15) is 10.6 Å². The maximum Gasteiger partial charge on any atom is 0.105 e. The molecule has 0 atom stereocenters. The molecule has 1 fully saturated rings. The molecule has 0 amide bonds. The number of allylic oxidation sites excluding steroid dienone is 1. The van der Waals surface area contributed by atoms with Gasteiger partial charge in [-0.25, -0.2) is 0 Å². The van der Waals surface area contributed by atoms with E-state index in [4.69, 9.17) is 0 Å². The molecule has 30 heavy (non-hydrogen) atoms. The predicted molar refractivity (Wildman–Crippen MR) is 133 cm³/mol. The fourth-order valence-corrected chi connectivity index (χ4v) is 4.88. The Kier molecular flexibility index (Phi) is 9.67. The number of aliphatic hydroxyl groups excluding tert-OH is 1. The lowest BCUT2D eigenvalue weighted by molar-refractivity contribution is 0.277. The van der Waals surface area contributed by atoms with Crippen LogP contribution in [0.1, 0.15) is 55.5 Å². The van der Waals surface area contributed by atoms with E-state index in [1.54, 1.807) is 11.3 Å². The van der Waals surface area contributed by atoms with E-state index >= 15 is 0 Å². The van der Waals surface area contributed by atoms with E-state index in [1.165, 1.54) is 65.0 Å². The second kappa shape index (κ2) is 12.0. The minimum Gasteiger partial charge on any atom is -0.511 e. The average Bonchev–Trinajstić information content (AvgIpc) is 3.30. The molecule has 0 radical (unpaired) electrons. The molecule has 1 aromatic carbocycles. The molecule has 3 nitrogen and oxygen atoms in total.